The fourth-order valence-electron chi connectivity index (χ4n) is 4.41. The molecule has 0 atom stereocenters. The van der Waals surface area contributed by atoms with E-state index in [-0.39, 0.29) is 0 Å². The normalized spacial score (nSPS) is 12.0. The summed E-state index contributed by atoms with van der Waals surface area (Å²) in [5.41, 5.74) is 0. The van der Waals surface area contributed by atoms with Gasteiger partial charge in [0.25, 0.3) is 0 Å². The van der Waals surface area contributed by atoms with E-state index in [0.29, 0.717) is 0 Å². The summed E-state index contributed by atoms with van der Waals surface area (Å²) in [6, 6.07) is 0. The van der Waals surface area contributed by atoms with Gasteiger partial charge in [0.05, 0.1) is 0 Å². The average Bonchev–Trinajstić information content (AvgIpc) is 2.72. The number of hydrogen-bond acceptors (Lipinski definition) is 1. The second kappa shape index (κ2) is 23.0. The summed E-state index contributed by atoms with van der Waals surface area (Å²) in [6.45, 7) is 6.85. The van der Waals surface area contributed by atoms with E-state index >= 15 is 0 Å². The van der Waals surface area contributed by atoms with Crippen molar-refractivity contribution in [3.63, 3.8) is 0 Å². The third-order valence-corrected chi connectivity index (χ3v) is 13.6. The molecule has 2 heteroatoms. The summed E-state index contributed by atoms with van der Waals surface area (Å²) in [6.07, 6.45) is 28.3. The van der Waals surface area contributed by atoms with E-state index in [0.717, 1.165) is 15.6 Å². The van der Waals surface area contributed by atoms with Crippen molar-refractivity contribution in [2.24, 2.45) is 0 Å². The van der Waals surface area contributed by atoms with Crippen LogP contribution in [0.4, 0.5) is 0 Å². The molecule has 29 heavy (non-hydrogen) atoms. The first kappa shape index (κ1) is 29.4. The third-order valence-electron chi connectivity index (χ3n) is 6.51. The molecule has 0 saturated carbocycles. The van der Waals surface area contributed by atoms with Crippen molar-refractivity contribution in [1.82, 2.24) is 0 Å². The molecule has 0 spiro atoms. The number of rotatable bonds is 24. The molecule has 0 N–H and O–H groups in total. The molecule has 0 radical (unpaired) electrons. The van der Waals surface area contributed by atoms with Crippen molar-refractivity contribution < 1.29 is 3.74 Å². The number of unbranched alkanes of at least 4 members (excludes halogenated alkanes) is 18. The molecule has 0 aromatic rings. The van der Waals surface area contributed by atoms with Crippen LogP contribution in [0, 0.1) is 0 Å². The Labute approximate surface area is 188 Å². The van der Waals surface area contributed by atoms with E-state index in [2.05, 4.69) is 20.8 Å². The van der Waals surface area contributed by atoms with E-state index in [1.54, 1.807) is 0 Å². The molecule has 0 aromatic heterocycles. The van der Waals surface area contributed by atoms with Gasteiger partial charge < -0.3 is 0 Å². The first-order chi connectivity index (χ1) is 14.2. The van der Waals surface area contributed by atoms with Crippen molar-refractivity contribution in [2.75, 3.05) is 0 Å². The molecular formula is C27H57AsO. The van der Waals surface area contributed by atoms with Gasteiger partial charge in [-0.15, -0.1) is 0 Å². The average molecular weight is 473 g/mol. The Morgan fingerprint density at radius 3 is 0.793 bits per heavy atom. The van der Waals surface area contributed by atoms with Gasteiger partial charge in [0.1, 0.15) is 0 Å². The SMILES string of the molecule is CCCCCCCCC[As](=O)(CCCCCCCCC)CCCCCCCCC. The molecule has 0 amide bonds. The Morgan fingerprint density at radius 2 is 0.552 bits per heavy atom. The summed E-state index contributed by atoms with van der Waals surface area (Å²) in [7, 11) is 0. The topological polar surface area (TPSA) is 17.1 Å². The molecule has 0 bridgehead atoms. The van der Waals surface area contributed by atoms with E-state index in [9.17, 15) is 3.74 Å². The fraction of sp³-hybridized carbons (Fsp3) is 1.00. The minimum atomic E-state index is -2.61. The molecule has 0 rings (SSSR count). The second-order valence-electron chi connectivity index (χ2n) is 9.59. The van der Waals surface area contributed by atoms with Crippen LogP contribution in [-0.4, -0.2) is 13.5 Å². The minimum absolute atomic E-state index is 1.11. The molecule has 0 aliphatic rings. The van der Waals surface area contributed by atoms with Gasteiger partial charge in [-0.2, -0.15) is 0 Å². The van der Waals surface area contributed by atoms with Crippen LogP contribution in [0.2, 0.25) is 15.6 Å². The third kappa shape index (κ3) is 21.4. The van der Waals surface area contributed by atoms with Gasteiger partial charge in [-0.05, 0) is 0 Å². The quantitative estimate of drug-likeness (QED) is 0.101. The predicted octanol–water partition coefficient (Wildman–Crippen LogP) is 10.6. The van der Waals surface area contributed by atoms with Crippen molar-refractivity contribution >= 4 is 13.5 Å². The first-order valence-electron chi connectivity index (χ1n) is 13.8. The molecule has 0 saturated heterocycles. The summed E-state index contributed by atoms with van der Waals surface area (Å²) >= 11 is -2.61. The van der Waals surface area contributed by atoms with Crippen LogP contribution >= 0.6 is 0 Å². The molecule has 1 nitrogen and oxygen atoms in total. The van der Waals surface area contributed by atoms with Crippen LogP contribution in [0.3, 0.4) is 0 Å². The van der Waals surface area contributed by atoms with Crippen molar-refractivity contribution in [2.45, 2.75) is 171 Å². The Balaban J connectivity index is 4.05. The van der Waals surface area contributed by atoms with E-state index in [1.807, 2.05) is 0 Å². The van der Waals surface area contributed by atoms with Crippen molar-refractivity contribution in [1.29, 1.82) is 0 Å². The summed E-state index contributed by atoms with van der Waals surface area (Å²) in [5.74, 6) is 0. The summed E-state index contributed by atoms with van der Waals surface area (Å²) in [4.78, 5) is 0. The zero-order chi connectivity index (χ0) is 21.5. The molecule has 176 valence electrons. The Morgan fingerprint density at radius 1 is 0.345 bits per heavy atom. The van der Waals surface area contributed by atoms with E-state index in [4.69, 9.17) is 0 Å². The molecular weight excluding hydrogens is 415 g/mol. The van der Waals surface area contributed by atoms with Gasteiger partial charge in [0, 0.05) is 0 Å². The molecule has 0 aliphatic heterocycles. The van der Waals surface area contributed by atoms with Gasteiger partial charge in [-0.1, -0.05) is 0 Å². The first-order valence-corrected chi connectivity index (χ1v) is 18.5. The molecule has 0 fully saturated rings. The molecule has 0 aliphatic carbocycles. The molecule has 0 unspecified atom stereocenters. The van der Waals surface area contributed by atoms with Gasteiger partial charge >= 0.3 is 188 Å². The van der Waals surface area contributed by atoms with Crippen LogP contribution in [0.5, 0.6) is 0 Å². The second-order valence-corrected chi connectivity index (χ2v) is 16.8. The maximum atomic E-state index is 13.7. The maximum absolute atomic E-state index is 13.7. The van der Waals surface area contributed by atoms with Crippen molar-refractivity contribution in [3.05, 3.63) is 0 Å². The number of hydrogen-bond donors (Lipinski definition) is 0. The van der Waals surface area contributed by atoms with Gasteiger partial charge in [0.2, 0.25) is 0 Å². The van der Waals surface area contributed by atoms with Gasteiger partial charge in [-0.3, -0.25) is 0 Å². The zero-order valence-electron chi connectivity index (χ0n) is 20.8. The Hall–Kier alpha value is 0.358. The Bertz CT molecular complexity index is 300. The van der Waals surface area contributed by atoms with Gasteiger partial charge in [0.15, 0.2) is 0 Å². The van der Waals surface area contributed by atoms with Crippen LogP contribution in [0.25, 0.3) is 0 Å². The van der Waals surface area contributed by atoms with E-state index < -0.39 is 13.5 Å². The van der Waals surface area contributed by atoms with Crippen LogP contribution in [0.1, 0.15) is 156 Å². The van der Waals surface area contributed by atoms with Crippen LogP contribution in [-0.2, 0) is 3.74 Å². The molecule has 0 heterocycles. The fourth-order valence-corrected chi connectivity index (χ4v) is 10.8. The molecule has 0 aromatic carbocycles. The predicted molar refractivity (Wildman–Crippen MR) is 135 cm³/mol. The summed E-state index contributed by atoms with van der Waals surface area (Å²) < 4.78 is 13.7. The standard InChI is InChI=1S/C27H57AsO/c1-4-7-10-13-16-19-22-25-28(29,26-23-20-17-14-11-8-5-2)27-24-21-18-15-12-9-6-3/h4-27H2,1-3H3. The Kier molecular flexibility index (Phi) is 23.3. The van der Waals surface area contributed by atoms with Crippen LogP contribution < -0.4 is 0 Å². The van der Waals surface area contributed by atoms with Crippen LogP contribution in [0.15, 0.2) is 0 Å². The van der Waals surface area contributed by atoms with E-state index in [1.165, 1.54) is 135 Å². The zero-order valence-corrected chi connectivity index (χ0v) is 22.7. The van der Waals surface area contributed by atoms with Gasteiger partial charge in [-0.25, -0.2) is 0 Å². The monoisotopic (exact) mass is 472 g/mol. The van der Waals surface area contributed by atoms with Crippen molar-refractivity contribution in [3.8, 4) is 0 Å². The summed E-state index contributed by atoms with van der Waals surface area (Å²) in [5, 5.41) is 3.33.